The van der Waals surface area contributed by atoms with Gasteiger partial charge in [-0.05, 0) is 0 Å². The van der Waals surface area contributed by atoms with E-state index in [-0.39, 0.29) is 6.61 Å². The summed E-state index contributed by atoms with van der Waals surface area (Å²) in [6.45, 7) is -0.128. The van der Waals surface area contributed by atoms with E-state index in [0.717, 1.165) is 0 Å². The Hall–Kier alpha value is -0.900. The molecule has 0 aliphatic heterocycles. The van der Waals surface area contributed by atoms with Gasteiger partial charge in [0.05, 0.1) is 0 Å². The first kappa shape index (κ1) is 9.19. The fraction of sp³-hybridized carbons (Fsp3) is 0.333. The predicted molar refractivity (Wildman–Crippen MR) is 44.4 cm³/mol. The SMILES string of the molecule is COCC(O)(O)c1ccccc1. The topological polar surface area (TPSA) is 49.7 Å². The van der Waals surface area contributed by atoms with Crippen LogP contribution in [0.15, 0.2) is 30.3 Å². The first-order chi connectivity index (χ1) is 5.67. The molecule has 0 aliphatic carbocycles. The normalized spacial score (nSPS) is 11.6. The maximum Gasteiger partial charge on any atom is 0.214 e. The van der Waals surface area contributed by atoms with Crippen LogP contribution in [0.5, 0.6) is 0 Å². The molecule has 3 nitrogen and oxygen atoms in total. The van der Waals surface area contributed by atoms with Crippen molar-refractivity contribution in [2.45, 2.75) is 5.79 Å². The first-order valence-electron chi connectivity index (χ1n) is 3.66. The summed E-state index contributed by atoms with van der Waals surface area (Å²) in [5.41, 5.74) is 0.437. The average Bonchev–Trinajstić information content (AvgIpc) is 2.06. The lowest BCUT2D eigenvalue weighted by Gasteiger charge is -2.20. The molecule has 0 heterocycles. The van der Waals surface area contributed by atoms with Crippen LogP contribution in [0, 0.1) is 0 Å². The molecule has 3 heteroatoms. The molecule has 1 aromatic carbocycles. The van der Waals surface area contributed by atoms with E-state index in [9.17, 15) is 10.2 Å². The van der Waals surface area contributed by atoms with Gasteiger partial charge in [-0.1, -0.05) is 30.3 Å². The molecule has 1 rings (SSSR count). The van der Waals surface area contributed by atoms with Crippen molar-refractivity contribution in [3.05, 3.63) is 35.9 Å². The van der Waals surface area contributed by atoms with Gasteiger partial charge in [0.25, 0.3) is 0 Å². The smallest absolute Gasteiger partial charge is 0.214 e. The number of rotatable bonds is 3. The van der Waals surface area contributed by atoms with E-state index in [1.807, 2.05) is 6.07 Å². The highest BCUT2D eigenvalue weighted by Gasteiger charge is 2.24. The second-order valence-corrected chi connectivity index (χ2v) is 2.62. The molecule has 0 radical (unpaired) electrons. The molecule has 0 unspecified atom stereocenters. The average molecular weight is 168 g/mol. The van der Waals surface area contributed by atoms with E-state index in [1.165, 1.54) is 7.11 Å². The Balaban J connectivity index is 2.82. The number of hydrogen-bond acceptors (Lipinski definition) is 3. The maximum atomic E-state index is 9.42. The van der Waals surface area contributed by atoms with E-state index in [4.69, 9.17) is 0 Å². The molecule has 66 valence electrons. The Morgan fingerprint density at radius 3 is 2.33 bits per heavy atom. The van der Waals surface area contributed by atoms with Gasteiger partial charge >= 0.3 is 0 Å². The van der Waals surface area contributed by atoms with Crippen LogP contribution in [-0.4, -0.2) is 23.9 Å². The Morgan fingerprint density at radius 2 is 1.83 bits per heavy atom. The molecule has 0 spiro atoms. The molecular formula is C9H12O3. The van der Waals surface area contributed by atoms with Crippen molar-refractivity contribution in [3.63, 3.8) is 0 Å². The van der Waals surface area contributed by atoms with Gasteiger partial charge in [-0.2, -0.15) is 0 Å². The lowest BCUT2D eigenvalue weighted by Crippen LogP contribution is -2.30. The number of ether oxygens (including phenoxy) is 1. The van der Waals surface area contributed by atoms with E-state index >= 15 is 0 Å². The third kappa shape index (κ3) is 2.04. The fourth-order valence-electron chi connectivity index (χ4n) is 0.990. The van der Waals surface area contributed by atoms with Gasteiger partial charge in [0.1, 0.15) is 6.61 Å². The third-order valence-electron chi connectivity index (χ3n) is 1.58. The fourth-order valence-corrected chi connectivity index (χ4v) is 0.990. The van der Waals surface area contributed by atoms with Crippen molar-refractivity contribution in [2.24, 2.45) is 0 Å². The van der Waals surface area contributed by atoms with E-state index in [2.05, 4.69) is 4.74 Å². The van der Waals surface area contributed by atoms with Crippen LogP contribution < -0.4 is 0 Å². The van der Waals surface area contributed by atoms with Gasteiger partial charge in [-0.3, -0.25) is 0 Å². The minimum atomic E-state index is -1.88. The van der Waals surface area contributed by atoms with Gasteiger partial charge in [-0.15, -0.1) is 0 Å². The highest BCUT2D eigenvalue weighted by molar-refractivity contribution is 5.19. The van der Waals surface area contributed by atoms with Crippen LogP contribution in [0.1, 0.15) is 5.56 Å². The van der Waals surface area contributed by atoms with Crippen molar-refractivity contribution < 1.29 is 14.9 Å². The van der Waals surface area contributed by atoms with Crippen LogP contribution >= 0.6 is 0 Å². The Bertz CT molecular complexity index is 231. The lowest BCUT2D eigenvalue weighted by molar-refractivity contribution is -0.201. The Labute approximate surface area is 71.2 Å². The Morgan fingerprint density at radius 1 is 1.25 bits per heavy atom. The van der Waals surface area contributed by atoms with Crippen molar-refractivity contribution in [3.8, 4) is 0 Å². The van der Waals surface area contributed by atoms with Crippen LogP contribution in [0.3, 0.4) is 0 Å². The van der Waals surface area contributed by atoms with Crippen molar-refractivity contribution in [2.75, 3.05) is 13.7 Å². The summed E-state index contributed by atoms with van der Waals surface area (Å²) in [5, 5.41) is 18.8. The summed E-state index contributed by atoms with van der Waals surface area (Å²) >= 11 is 0. The van der Waals surface area contributed by atoms with Gasteiger partial charge in [-0.25, -0.2) is 0 Å². The molecule has 0 amide bonds. The summed E-state index contributed by atoms with van der Waals surface area (Å²) in [6.07, 6.45) is 0. The van der Waals surface area contributed by atoms with Crippen molar-refractivity contribution in [1.82, 2.24) is 0 Å². The summed E-state index contributed by atoms with van der Waals surface area (Å²) in [7, 11) is 1.42. The molecule has 12 heavy (non-hydrogen) atoms. The lowest BCUT2D eigenvalue weighted by atomic mass is 10.1. The molecule has 0 atom stereocenters. The van der Waals surface area contributed by atoms with Crippen LogP contribution in [0.25, 0.3) is 0 Å². The predicted octanol–water partition coefficient (Wildman–Crippen LogP) is 0.470. The number of aliphatic hydroxyl groups is 2. The zero-order valence-corrected chi connectivity index (χ0v) is 6.90. The standard InChI is InChI=1S/C9H12O3/c1-12-7-9(10,11)8-5-3-2-4-6-8/h2-6,10-11H,7H2,1H3. The summed E-state index contributed by atoms with van der Waals surface area (Å²) in [4.78, 5) is 0. The number of methoxy groups -OCH3 is 1. The van der Waals surface area contributed by atoms with E-state index in [0.29, 0.717) is 5.56 Å². The van der Waals surface area contributed by atoms with E-state index < -0.39 is 5.79 Å². The zero-order chi connectivity index (χ0) is 9.03. The number of hydrogen-bond donors (Lipinski definition) is 2. The first-order valence-corrected chi connectivity index (χ1v) is 3.66. The largest absolute Gasteiger partial charge is 0.379 e. The van der Waals surface area contributed by atoms with Crippen LogP contribution in [0.2, 0.25) is 0 Å². The quantitative estimate of drug-likeness (QED) is 0.645. The molecule has 0 bridgehead atoms. The van der Waals surface area contributed by atoms with Crippen molar-refractivity contribution in [1.29, 1.82) is 0 Å². The van der Waals surface area contributed by atoms with Crippen LogP contribution in [0.4, 0.5) is 0 Å². The summed E-state index contributed by atoms with van der Waals surface area (Å²) in [6, 6.07) is 8.57. The van der Waals surface area contributed by atoms with Crippen LogP contribution in [-0.2, 0) is 10.5 Å². The molecule has 2 N–H and O–H groups in total. The second kappa shape index (κ2) is 3.67. The van der Waals surface area contributed by atoms with Gasteiger partial charge in [0.2, 0.25) is 5.79 Å². The second-order valence-electron chi connectivity index (χ2n) is 2.62. The van der Waals surface area contributed by atoms with Crippen molar-refractivity contribution >= 4 is 0 Å². The molecule has 0 fully saturated rings. The van der Waals surface area contributed by atoms with E-state index in [1.54, 1.807) is 24.3 Å². The molecule has 0 saturated heterocycles. The number of benzene rings is 1. The van der Waals surface area contributed by atoms with Gasteiger partial charge in [0.15, 0.2) is 0 Å². The third-order valence-corrected chi connectivity index (χ3v) is 1.58. The highest BCUT2D eigenvalue weighted by atomic mass is 16.6. The molecule has 0 aliphatic rings. The molecule has 0 saturated carbocycles. The van der Waals surface area contributed by atoms with Gasteiger partial charge < -0.3 is 14.9 Å². The highest BCUT2D eigenvalue weighted by Crippen LogP contribution is 2.16. The minimum absolute atomic E-state index is 0.128. The maximum absolute atomic E-state index is 9.42. The molecule has 0 aromatic heterocycles. The molecular weight excluding hydrogens is 156 g/mol. The summed E-state index contributed by atoms with van der Waals surface area (Å²) in [5.74, 6) is -1.88. The monoisotopic (exact) mass is 168 g/mol. The summed E-state index contributed by atoms with van der Waals surface area (Å²) < 4.78 is 4.66. The molecule has 1 aromatic rings. The minimum Gasteiger partial charge on any atom is -0.379 e. The van der Waals surface area contributed by atoms with Gasteiger partial charge in [0, 0.05) is 12.7 Å². The zero-order valence-electron chi connectivity index (χ0n) is 6.90. The Kier molecular flexibility index (Phi) is 2.81.